The Labute approximate surface area is 138 Å². The Morgan fingerprint density at radius 2 is 2.00 bits per heavy atom. The molecule has 0 radical (unpaired) electrons. The summed E-state index contributed by atoms with van der Waals surface area (Å²) < 4.78 is 2.70. The fourth-order valence-electron chi connectivity index (χ4n) is 1.99. The van der Waals surface area contributed by atoms with Crippen molar-refractivity contribution in [2.45, 2.75) is 5.88 Å². The zero-order chi connectivity index (χ0) is 14.3. The van der Waals surface area contributed by atoms with Gasteiger partial charge < -0.3 is 0 Å². The first-order valence-electron chi connectivity index (χ1n) is 5.64. The van der Waals surface area contributed by atoms with E-state index in [9.17, 15) is 0 Å². The SMILES string of the molecule is ClCc1nc2cc(Br)cnc2n1-c1ccc(Cl)cc1Cl. The van der Waals surface area contributed by atoms with Gasteiger partial charge in [-0.15, -0.1) is 11.6 Å². The van der Waals surface area contributed by atoms with Gasteiger partial charge in [0.1, 0.15) is 11.3 Å². The Hall–Kier alpha value is -0.810. The molecule has 0 spiro atoms. The third-order valence-electron chi connectivity index (χ3n) is 2.80. The molecule has 0 aliphatic heterocycles. The van der Waals surface area contributed by atoms with Crippen molar-refractivity contribution in [3.63, 3.8) is 0 Å². The molecule has 102 valence electrons. The van der Waals surface area contributed by atoms with Gasteiger partial charge in [-0.3, -0.25) is 4.57 Å². The van der Waals surface area contributed by atoms with E-state index in [2.05, 4.69) is 25.9 Å². The van der Waals surface area contributed by atoms with Crippen molar-refractivity contribution in [2.75, 3.05) is 0 Å². The van der Waals surface area contributed by atoms with Crippen molar-refractivity contribution < 1.29 is 0 Å². The second-order valence-corrected chi connectivity index (χ2v) is 6.12. The van der Waals surface area contributed by atoms with Gasteiger partial charge in [-0.05, 0) is 40.2 Å². The number of aromatic nitrogens is 3. The van der Waals surface area contributed by atoms with E-state index >= 15 is 0 Å². The highest BCUT2D eigenvalue weighted by atomic mass is 79.9. The van der Waals surface area contributed by atoms with Crippen LogP contribution in [-0.2, 0) is 5.88 Å². The smallest absolute Gasteiger partial charge is 0.164 e. The maximum atomic E-state index is 6.27. The maximum Gasteiger partial charge on any atom is 0.164 e. The molecule has 20 heavy (non-hydrogen) atoms. The van der Waals surface area contributed by atoms with Gasteiger partial charge in [0.25, 0.3) is 0 Å². The highest BCUT2D eigenvalue weighted by Gasteiger charge is 2.15. The highest BCUT2D eigenvalue weighted by Crippen LogP contribution is 2.29. The van der Waals surface area contributed by atoms with Crippen LogP contribution in [0.4, 0.5) is 0 Å². The fraction of sp³-hybridized carbons (Fsp3) is 0.0769. The first-order valence-corrected chi connectivity index (χ1v) is 7.73. The van der Waals surface area contributed by atoms with E-state index in [1.807, 2.05) is 16.7 Å². The Balaban J connectivity index is 2.34. The number of pyridine rings is 1. The van der Waals surface area contributed by atoms with Crippen molar-refractivity contribution in [2.24, 2.45) is 0 Å². The molecule has 0 saturated heterocycles. The van der Waals surface area contributed by atoms with Gasteiger partial charge in [0.2, 0.25) is 0 Å². The summed E-state index contributed by atoms with van der Waals surface area (Å²) >= 11 is 21.6. The number of rotatable bonds is 2. The van der Waals surface area contributed by atoms with Gasteiger partial charge >= 0.3 is 0 Å². The minimum atomic E-state index is 0.257. The van der Waals surface area contributed by atoms with Gasteiger partial charge in [-0.2, -0.15) is 0 Å². The zero-order valence-electron chi connectivity index (χ0n) is 9.95. The van der Waals surface area contributed by atoms with E-state index < -0.39 is 0 Å². The van der Waals surface area contributed by atoms with Crippen LogP contribution >= 0.6 is 50.7 Å². The molecule has 0 aliphatic carbocycles. The second-order valence-electron chi connectivity index (χ2n) is 4.09. The van der Waals surface area contributed by atoms with Gasteiger partial charge in [0.05, 0.1) is 16.6 Å². The molecule has 2 aromatic heterocycles. The molecule has 7 heteroatoms. The lowest BCUT2D eigenvalue weighted by Crippen LogP contribution is -2.01. The van der Waals surface area contributed by atoms with E-state index in [1.165, 1.54) is 0 Å². The molecule has 3 rings (SSSR count). The molecule has 0 saturated carbocycles. The molecular weight excluding hydrogens is 384 g/mol. The minimum absolute atomic E-state index is 0.257. The highest BCUT2D eigenvalue weighted by molar-refractivity contribution is 9.10. The lowest BCUT2D eigenvalue weighted by molar-refractivity contribution is 0.970. The van der Waals surface area contributed by atoms with Crippen LogP contribution in [0.5, 0.6) is 0 Å². The van der Waals surface area contributed by atoms with Gasteiger partial charge in [-0.1, -0.05) is 23.2 Å². The van der Waals surface area contributed by atoms with Crippen LogP contribution in [0.25, 0.3) is 16.9 Å². The van der Waals surface area contributed by atoms with E-state index in [0.717, 1.165) is 15.7 Å². The third kappa shape index (κ3) is 2.42. The standard InChI is InChI=1S/C13H7BrCl3N3/c14-7-3-10-13(18-6-7)20(12(5-15)19-10)11-2-1-8(16)4-9(11)17/h1-4,6H,5H2. The molecule has 0 fully saturated rings. The van der Waals surface area contributed by atoms with Crippen molar-refractivity contribution in [1.82, 2.24) is 14.5 Å². The molecule has 2 heterocycles. The molecule has 0 amide bonds. The van der Waals surface area contributed by atoms with Crippen LogP contribution < -0.4 is 0 Å². The summed E-state index contributed by atoms with van der Waals surface area (Å²) in [6, 6.07) is 7.16. The lowest BCUT2D eigenvalue weighted by atomic mass is 10.3. The summed E-state index contributed by atoms with van der Waals surface area (Å²) in [4.78, 5) is 8.87. The second kappa shape index (κ2) is 5.53. The van der Waals surface area contributed by atoms with Crippen LogP contribution in [-0.4, -0.2) is 14.5 Å². The number of imidazole rings is 1. The average Bonchev–Trinajstić information content (AvgIpc) is 2.76. The molecule has 0 bridgehead atoms. The summed E-state index contributed by atoms with van der Waals surface area (Å²) in [6.45, 7) is 0. The summed E-state index contributed by atoms with van der Waals surface area (Å²) in [5.41, 5.74) is 2.21. The number of halogens is 4. The minimum Gasteiger partial charge on any atom is -0.278 e. The lowest BCUT2D eigenvalue weighted by Gasteiger charge is -2.09. The van der Waals surface area contributed by atoms with Crippen LogP contribution in [0.3, 0.4) is 0 Å². The van der Waals surface area contributed by atoms with Crippen LogP contribution in [0.15, 0.2) is 34.9 Å². The normalized spacial score (nSPS) is 11.2. The molecule has 0 unspecified atom stereocenters. The summed E-state index contributed by atoms with van der Waals surface area (Å²) in [5.74, 6) is 0.934. The van der Waals surface area contributed by atoms with Gasteiger partial charge in [0, 0.05) is 15.7 Å². The summed E-state index contributed by atoms with van der Waals surface area (Å²) in [5, 5.41) is 1.10. The van der Waals surface area contributed by atoms with E-state index in [0.29, 0.717) is 21.5 Å². The molecule has 0 atom stereocenters. The number of fused-ring (bicyclic) bond motifs is 1. The Morgan fingerprint density at radius 3 is 2.70 bits per heavy atom. The van der Waals surface area contributed by atoms with Crippen molar-refractivity contribution in [3.05, 3.63) is 50.8 Å². The third-order valence-corrected chi connectivity index (χ3v) is 4.01. The zero-order valence-corrected chi connectivity index (χ0v) is 13.8. The quantitative estimate of drug-likeness (QED) is 0.560. The first-order chi connectivity index (χ1) is 9.60. The predicted molar refractivity (Wildman–Crippen MR) is 86.1 cm³/mol. The molecule has 1 aromatic carbocycles. The summed E-state index contributed by atoms with van der Waals surface area (Å²) in [6.07, 6.45) is 1.71. The number of benzene rings is 1. The molecular formula is C13H7BrCl3N3. The van der Waals surface area contributed by atoms with E-state index in [-0.39, 0.29) is 5.88 Å². The molecule has 3 nitrogen and oxygen atoms in total. The average molecular weight is 391 g/mol. The topological polar surface area (TPSA) is 30.7 Å². The molecule has 0 N–H and O–H groups in total. The number of hydrogen-bond donors (Lipinski definition) is 0. The molecule has 0 aliphatic rings. The first kappa shape index (κ1) is 14.1. The van der Waals surface area contributed by atoms with Gasteiger partial charge in [0.15, 0.2) is 5.65 Å². The Kier molecular flexibility index (Phi) is 3.91. The van der Waals surface area contributed by atoms with Crippen LogP contribution in [0, 0.1) is 0 Å². The van der Waals surface area contributed by atoms with E-state index in [1.54, 1.807) is 18.3 Å². The maximum absolute atomic E-state index is 6.27. The van der Waals surface area contributed by atoms with Crippen LogP contribution in [0.1, 0.15) is 5.82 Å². The number of alkyl halides is 1. The predicted octanol–water partition coefficient (Wildman–Crippen LogP) is 5.23. The summed E-state index contributed by atoms with van der Waals surface area (Å²) in [7, 11) is 0. The van der Waals surface area contributed by atoms with Crippen molar-refractivity contribution in [3.8, 4) is 5.69 Å². The number of hydrogen-bond acceptors (Lipinski definition) is 2. The Bertz CT molecular complexity index is 801. The largest absolute Gasteiger partial charge is 0.278 e. The Morgan fingerprint density at radius 1 is 1.20 bits per heavy atom. The van der Waals surface area contributed by atoms with Crippen molar-refractivity contribution >= 4 is 61.9 Å². The van der Waals surface area contributed by atoms with E-state index in [4.69, 9.17) is 34.8 Å². The monoisotopic (exact) mass is 389 g/mol. The van der Waals surface area contributed by atoms with Crippen LogP contribution in [0.2, 0.25) is 10.0 Å². The van der Waals surface area contributed by atoms with Gasteiger partial charge in [-0.25, -0.2) is 9.97 Å². The fourth-order valence-corrected chi connectivity index (χ4v) is 2.98. The molecule has 3 aromatic rings. The van der Waals surface area contributed by atoms with Crippen molar-refractivity contribution in [1.29, 1.82) is 0 Å². The number of nitrogens with zero attached hydrogens (tertiary/aromatic N) is 3.